The van der Waals surface area contributed by atoms with Crippen LogP contribution in [0.4, 0.5) is 14.9 Å². The molecule has 2 rings (SSSR count). The van der Waals surface area contributed by atoms with E-state index in [1.807, 2.05) is 19.1 Å². The van der Waals surface area contributed by atoms with Gasteiger partial charge in [-0.15, -0.1) is 0 Å². The molecule has 0 spiro atoms. The second kappa shape index (κ2) is 6.75. The number of nitrogens with one attached hydrogen (secondary N) is 2. The van der Waals surface area contributed by atoms with E-state index < -0.39 is 0 Å². The first kappa shape index (κ1) is 14.1. The SMILES string of the molecule is C[C@@H](CCc1ccco1)NC(=O)Nc1ccc(F)cc1. The Bertz CT molecular complexity index is 538. The molecular formula is C15H17FN2O2. The van der Waals surface area contributed by atoms with E-state index in [1.54, 1.807) is 6.26 Å². The third kappa shape index (κ3) is 4.42. The van der Waals surface area contributed by atoms with Gasteiger partial charge in [-0.2, -0.15) is 0 Å². The van der Waals surface area contributed by atoms with E-state index in [-0.39, 0.29) is 17.9 Å². The van der Waals surface area contributed by atoms with Crippen molar-refractivity contribution in [2.75, 3.05) is 5.32 Å². The van der Waals surface area contributed by atoms with Crippen LogP contribution in [0.15, 0.2) is 47.1 Å². The maximum Gasteiger partial charge on any atom is 0.319 e. The van der Waals surface area contributed by atoms with E-state index in [2.05, 4.69) is 10.6 Å². The summed E-state index contributed by atoms with van der Waals surface area (Å²) in [7, 11) is 0. The minimum atomic E-state index is -0.331. The minimum Gasteiger partial charge on any atom is -0.469 e. The molecule has 20 heavy (non-hydrogen) atoms. The number of halogens is 1. The molecule has 4 nitrogen and oxygen atoms in total. The standard InChI is InChI=1S/C15H17FN2O2/c1-11(4-9-14-3-2-10-20-14)17-15(19)18-13-7-5-12(16)6-8-13/h2-3,5-8,10-11H,4,9H2,1H3,(H2,17,18,19)/t11-/m0/s1. The summed E-state index contributed by atoms with van der Waals surface area (Å²) in [5.41, 5.74) is 0.558. The Labute approximate surface area is 117 Å². The van der Waals surface area contributed by atoms with Crippen LogP contribution in [0.1, 0.15) is 19.1 Å². The molecule has 0 fully saturated rings. The maximum absolute atomic E-state index is 12.7. The lowest BCUT2D eigenvalue weighted by Gasteiger charge is -2.14. The van der Waals surface area contributed by atoms with Crippen molar-refractivity contribution in [3.63, 3.8) is 0 Å². The van der Waals surface area contributed by atoms with Gasteiger partial charge in [0.1, 0.15) is 11.6 Å². The molecule has 0 aliphatic carbocycles. The van der Waals surface area contributed by atoms with Crippen LogP contribution in [0.5, 0.6) is 0 Å². The lowest BCUT2D eigenvalue weighted by atomic mass is 10.1. The first-order valence-corrected chi connectivity index (χ1v) is 6.49. The molecule has 1 aromatic heterocycles. The van der Waals surface area contributed by atoms with Gasteiger partial charge >= 0.3 is 6.03 Å². The fraction of sp³-hybridized carbons (Fsp3) is 0.267. The van der Waals surface area contributed by atoms with Crippen molar-refractivity contribution in [2.24, 2.45) is 0 Å². The first-order valence-electron chi connectivity index (χ1n) is 6.49. The summed E-state index contributed by atoms with van der Waals surface area (Å²) < 4.78 is 18.0. The molecule has 0 saturated heterocycles. The zero-order chi connectivity index (χ0) is 14.4. The minimum absolute atomic E-state index is 0.0144. The van der Waals surface area contributed by atoms with E-state index in [9.17, 15) is 9.18 Å². The molecule has 106 valence electrons. The number of aryl methyl sites for hydroxylation is 1. The molecule has 0 aliphatic rings. The van der Waals surface area contributed by atoms with E-state index in [1.165, 1.54) is 24.3 Å². The largest absolute Gasteiger partial charge is 0.469 e. The normalized spacial score (nSPS) is 11.9. The monoisotopic (exact) mass is 276 g/mol. The van der Waals surface area contributed by atoms with Crippen LogP contribution < -0.4 is 10.6 Å². The molecule has 1 aromatic carbocycles. The smallest absolute Gasteiger partial charge is 0.319 e. The highest BCUT2D eigenvalue weighted by atomic mass is 19.1. The number of urea groups is 1. The van der Waals surface area contributed by atoms with E-state index >= 15 is 0 Å². The summed E-state index contributed by atoms with van der Waals surface area (Å²) >= 11 is 0. The average Bonchev–Trinajstić information content (AvgIpc) is 2.92. The number of hydrogen-bond acceptors (Lipinski definition) is 2. The highest BCUT2D eigenvalue weighted by Crippen LogP contribution is 2.09. The van der Waals surface area contributed by atoms with Gasteiger partial charge in [-0.05, 0) is 49.7 Å². The van der Waals surface area contributed by atoms with Crippen molar-refractivity contribution in [1.82, 2.24) is 5.32 Å². The fourth-order valence-corrected chi connectivity index (χ4v) is 1.81. The number of amides is 2. The molecule has 0 unspecified atom stereocenters. The summed E-state index contributed by atoms with van der Waals surface area (Å²) in [6, 6.07) is 9.10. The number of benzene rings is 1. The predicted molar refractivity (Wildman–Crippen MR) is 75.0 cm³/mol. The molecule has 2 aromatic rings. The topological polar surface area (TPSA) is 54.3 Å². The van der Waals surface area contributed by atoms with Gasteiger partial charge in [-0.1, -0.05) is 0 Å². The average molecular weight is 276 g/mol. The lowest BCUT2D eigenvalue weighted by Crippen LogP contribution is -2.36. The van der Waals surface area contributed by atoms with Crippen LogP contribution in [0.25, 0.3) is 0 Å². The Hall–Kier alpha value is -2.30. The summed E-state index contributed by atoms with van der Waals surface area (Å²) in [5.74, 6) is 0.570. The summed E-state index contributed by atoms with van der Waals surface area (Å²) in [6.45, 7) is 1.92. The van der Waals surface area contributed by atoms with Gasteiger partial charge in [-0.25, -0.2) is 9.18 Å². The van der Waals surface area contributed by atoms with Crippen LogP contribution in [0.2, 0.25) is 0 Å². The predicted octanol–water partition coefficient (Wildman–Crippen LogP) is 3.56. The summed E-state index contributed by atoms with van der Waals surface area (Å²) in [4.78, 5) is 11.7. The van der Waals surface area contributed by atoms with Gasteiger partial charge in [0.2, 0.25) is 0 Å². The second-order valence-corrected chi connectivity index (χ2v) is 4.62. The molecule has 1 heterocycles. The molecule has 0 radical (unpaired) electrons. The maximum atomic E-state index is 12.7. The second-order valence-electron chi connectivity index (χ2n) is 4.62. The zero-order valence-corrected chi connectivity index (χ0v) is 11.2. The van der Waals surface area contributed by atoms with E-state index in [0.29, 0.717) is 5.69 Å². The molecular weight excluding hydrogens is 259 g/mol. The van der Waals surface area contributed by atoms with Gasteiger partial charge in [-0.3, -0.25) is 0 Å². The highest BCUT2D eigenvalue weighted by Gasteiger charge is 2.08. The summed E-state index contributed by atoms with van der Waals surface area (Å²) in [6.07, 6.45) is 3.18. The summed E-state index contributed by atoms with van der Waals surface area (Å²) in [5, 5.41) is 5.47. The number of furan rings is 1. The van der Waals surface area contributed by atoms with E-state index in [4.69, 9.17) is 4.42 Å². The third-order valence-corrected chi connectivity index (χ3v) is 2.88. The lowest BCUT2D eigenvalue weighted by molar-refractivity contribution is 0.248. The van der Waals surface area contributed by atoms with Gasteiger partial charge in [0.15, 0.2) is 0 Å². The Morgan fingerprint density at radius 2 is 2.05 bits per heavy atom. The highest BCUT2D eigenvalue weighted by molar-refractivity contribution is 5.89. The van der Waals surface area contributed by atoms with Crippen LogP contribution in [-0.4, -0.2) is 12.1 Å². The fourth-order valence-electron chi connectivity index (χ4n) is 1.81. The van der Waals surface area contributed by atoms with Crippen LogP contribution in [-0.2, 0) is 6.42 Å². The number of hydrogen-bond donors (Lipinski definition) is 2. The number of carbonyl (C=O) groups is 1. The van der Waals surface area contributed by atoms with Crippen molar-refractivity contribution in [3.05, 3.63) is 54.2 Å². The molecule has 0 saturated carbocycles. The molecule has 1 atom stereocenters. The Morgan fingerprint density at radius 1 is 1.30 bits per heavy atom. The number of anilines is 1. The van der Waals surface area contributed by atoms with Gasteiger partial charge in [0, 0.05) is 18.2 Å². The van der Waals surface area contributed by atoms with Crippen molar-refractivity contribution in [3.8, 4) is 0 Å². The quantitative estimate of drug-likeness (QED) is 0.877. The van der Waals surface area contributed by atoms with Gasteiger partial charge in [0.25, 0.3) is 0 Å². The van der Waals surface area contributed by atoms with Crippen LogP contribution in [0, 0.1) is 5.82 Å². The molecule has 5 heteroatoms. The van der Waals surface area contributed by atoms with Crippen molar-refractivity contribution in [2.45, 2.75) is 25.8 Å². The van der Waals surface area contributed by atoms with E-state index in [0.717, 1.165) is 18.6 Å². The third-order valence-electron chi connectivity index (χ3n) is 2.88. The van der Waals surface area contributed by atoms with Crippen molar-refractivity contribution >= 4 is 11.7 Å². The number of carbonyl (C=O) groups excluding carboxylic acids is 1. The Kier molecular flexibility index (Phi) is 4.76. The molecule has 2 N–H and O–H groups in total. The molecule has 2 amide bonds. The zero-order valence-electron chi connectivity index (χ0n) is 11.2. The Morgan fingerprint density at radius 3 is 2.70 bits per heavy atom. The molecule has 0 bridgehead atoms. The number of rotatable bonds is 5. The van der Waals surface area contributed by atoms with Gasteiger partial charge in [0.05, 0.1) is 6.26 Å². The van der Waals surface area contributed by atoms with Crippen molar-refractivity contribution in [1.29, 1.82) is 0 Å². The van der Waals surface area contributed by atoms with Crippen LogP contribution in [0.3, 0.4) is 0 Å². The first-order chi connectivity index (χ1) is 9.63. The van der Waals surface area contributed by atoms with Gasteiger partial charge < -0.3 is 15.1 Å². The Balaban J connectivity index is 1.74. The molecule has 0 aliphatic heterocycles. The van der Waals surface area contributed by atoms with Crippen LogP contribution >= 0.6 is 0 Å². The van der Waals surface area contributed by atoms with Crippen molar-refractivity contribution < 1.29 is 13.6 Å².